The maximum Gasteiger partial charge on any atom is 0.433 e. The zero-order valence-electron chi connectivity index (χ0n) is 20.3. The van der Waals surface area contributed by atoms with Gasteiger partial charge in [-0.3, -0.25) is 4.98 Å². The smallest absolute Gasteiger partial charge is 0.369 e. The van der Waals surface area contributed by atoms with Gasteiger partial charge in [0.2, 0.25) is 22.2 Å². The van der Waals surface area contributed by atoms with Gasteiger partial charge in [0.05, 0.1) is 6.61 Å². The largest absolute Gasteiger partial charge is 0.433 e. The summed E-state index contributed by atoms with van der Waals surface area (Å²) in [5.74, 6) is -0.0653. The molecule has 13 heteroatoms. The third kappa shape index (κ3) is 8.31. The van der Waals surface area contributed by atoms with Crippen molar-refractivity contribution in [3.8, 4) is 6.19 Å². The summed E-state index contributed by atoms with van der Waals surface area (Å²) >= 11 is 0. The number of nitriles is 1. The summed E-state index contributed by atoms with van der Waals surface area (Å²) in [6, 6.07) is 3.44. The van der Waals surface area contributed by atoms with Crippen LogP contribution in [0.15, 0.2) is 29.5 Å². The zero-order chi connectivity index (χ0) is 26.7. The Bertz CT molecular complexity index is 979. The van der Waals surface area contributed by atoms with Crippen LogP contribution in [-0.2, 0) is 14.8 Å². The molecule has 1 unspecified atom stereocenters. The van der Waals surface area contributed by atoms with Crippen molar-refractivity contribution in [2.24, 2.45) is 21.8 Å². The molecular formula is C23H35F3N6O3S. The third-order valence-corrected chi connectivity index (χ3v) is 7.94. The number of halogens is 3. The lowest BCUT2D eigenvalue weighted by molar-refractivity contribution is -0.246. The van der Waals surface area contributed by atoms with Crippen molar-refractivity contribution in [1.82, 2.24) is 4.98 Å². The van der Waals surface area contributed by atoms with Crippen LogP contribution in [0.1, 0.15) is 70.6 Å². The molecule has 202 valence electrons. The lowest BCUT2D eigenvalue weighted by atomic mass is 9.90. The van der Waals surface area contributed by atoms with E-state index in [1.165, 1.54) is 0 Å². The second kappa shape index (κ2) is 13.8. The number of pyridine rings is 1. The quantitative estimate of drug-likeness (QED) is 0.168. The minimum absolute atomic E-state index is 0.00724. The summed E-state index contributed by atoms with van der Waals surface area (Å²) < 4.78 is 71.4. The molecule has 0 amide bonds. The number of guanidine groups is 1. The molecule has 0 aliphatic heterocycles. The fourth-order valence-corrected chi connectivity index (χ4v) is 5.44. The van der Waals surface area contributed by atoms with Crippen LogP contribution in [0, 0.1) is 17.4 Å². The number of primary sulfonamides is 1. The summed E-state index contributed by atoms with van der Waals surface area (Å²) in [5.41, 5.74) is 6.59. The predicted octanol–water partition coefficient (Wildman–Crippen LogP) is 4.17. The molecule has 0 saturated heterocycles. The van der Waals surface area contributed by atoms with Crippen molar-refractivity contribution in [3.63, 3.8) is 0 Å². The monoisotopic (exact) mass is 532 g/mol. The molecule has 0 radical (unpaired) electrons. The molecule has 36 heavy (non-hydrogen) atoms. The maximum absolute atomic E-state index is 14.0. The highest BCUT2D eigenvalue weighted by atomic mass is 32.2. The van der Waals surface area contributed by atoms with Gasteiger partial charge < -0.3 is 15.4 Å². The number of unbranched alkanes of at least 4 members (excludes halogenated alkanes) is 4. The van der Waals surface area contributed by atoms with E-state index in [4.69, 9.17) is 20.9 Å². The topological polar surface area (TPSA) is 148 Å². The van der Waals surface area contributed by atoms with Gasteiger partial charge in [0, 0.05) is 31.0 Å². The summed E-state index contributed by atoms with van der Waals surface area (Å²) in [7, 11) is -5.05. The van der Waals surface area contributed by atoms with Crippen LogP contribution >= 0.6 is 0 Å². The minimum atomic E-state index is -5.14. The first-order valence-corrected chi connectivity index (χ1v) is 13.7. The summed E-state index contributed by atoms with van der Waals surface area (Å²) in [5, 5.41) is 13.9. The Morgan fingerprint density at radius 3 is 2.33 bits per heavy atom. The first-order chi connectivity index (χ1) is 17.0. The maximum atomic E-state index is 14.0. The zero-order valence-corrected chi connectivity index (χ0v) is 21.1. The van der Waals surface area contributed by atoms with E-state index < -0.39 is 27.6 Å². The van der Waals surface area contributed by atoms with Crippen molar-refractivity contribution >= 4 is 21.7 Å². The fraction of sp³-hybridized carbons (Fsp3) is 0.696. The van der Waals surface area contributed by atoms with E-state index in [1.54, 1.807) is 35.6 Å². The molecule has 1 aliphatic carbocycles. The molecule has 1 saturated carbocycles. The highest BCUT2D eigenvalue weighted by Gasteiger charge is 2.64. The molecule has 1 aliphatic rings. The van der Waals surface area contributed by atoms with Gasteiger partial charge in [-0.1, -0.05) is 38.5 Å². The Labute approximate surface area is 210 Å². The van der Waals surface area contributed by atoms with Crippen LogP contribution in [-0.4, -0.2) is 43.6 Å². The molecule has 9 nitrogen and oxygen atoms in total. The first-order valence-electron chi connectivity index (χ1n) is 12.1. The standard InChI is InChI=1S/C23H35F3N6O3S/c24-23(25,26)22(36(29,33)34,35-17-19-9-5-4-6-10-19)13-7-2-1-3-8-16-32(21(28)31-18-27)20-11-14-30-15-12-20/h11-12,14-15,19H,1-10,13,16-17H2,(H2,28,31)(H2,29,33,34). The number of anilines is 1. The van der Waals surface area contributed by atoms with Crippen molar-refractivity contribution in [1.29, 1.82) is 5.26 Å². The molecule has 4 N–H and O–H groups in total. The van der Waals surface area contributed by atoms with Gasteiger partial charge in [-0.15, -0.1) is 4.99 Å². The van der Waals surface area contributed by atoms with Crippen molar-refractivity contribution in [2.45, 2.75) is 81.7 Å². The lowest BCUT2D eigenvalue weighted by Gasteiger charge is -2.35. The van der Waals surface area contributed by atoms with Gasteiger partial charge >= 0.3 is 6.18 Å². The van der Waals surface area contributed by atoms with E-state index >= 15 is 0 Å². The van der Waals surface area contributed by atoms with Crippen LogP contribution in [0.5, 0.6) is 0 Å². The molecule has 2 rings (SSSR count). The highest BCUT2D eigenvalue weighted by molar-refractivity contribution is 7.90. The summed E-state index contributed by atoms with van der Waals surface area (Å²) in [6.07, 6.45) is 5.40. The molecular weight excluding hydrogens is 497 g/mol. The van der Waals surface area contributed by atoms with E-state index in [0.717, 1.165) is 32.1 Å². The molecule has 1 aromatic rings. The molecule has 0 spiro atoms. The highest BCUT2D eigenvalue weighted by Crippen LogP contribution is 2.42. The number of ether oxygens (including phenoxy) is 1. The molecule has 0 aromatic carbocycles. The number of alkyl halides is 3. The fourth-order valence-electron chi connectivity index (χ4n) is 4.46. The Hall–Kier alpha value is -2.43. The molecule has 1 fully saturated rings. The third-order valence-electron chi connectivity index (χ3n) is 6.47. The van der Waals surface area contributed by atoms with Gasteiger partial charge in [-0.05, 0) is 43.7 Å². The van der Waals surface area contributed by atoms with E-state index in [-0.39, 0.29) is 24.9 Å². The lowest BCUT2D eigenvalue weighted by Crippen LogP contribution is -2.57. The first kappa shape index (κ1) is 29.8. The van der Waals surface area contributed by atoms with Crippen molar-refractivity contribution < 1.29 is 26.3 Å². The molecule has 1 heterocycles. The van der Waals surface area contributed by atoms with Gasteiger partial charge in [-0.2, -0.15) is 18.4 Å². The van der Waals surface area contributed by atoms with Crippen molar-refractivity contribution in [3.05, 3.63) is 24.5 Å². The normalized spacial score (nSPS) is 17.4. The number of aromatic nitrogens is 1. The van der Waals surface area contributed by atoms with Crippen LogP contribution in [0.2, 0.25) is 0 Å². The van der Waals surface area contributed by atoms with E-state index in [2.05, 4.69) is 9.98 Å². The van der Waals surface area contributed by atoms with Crippen LogP contribution in [0.4, 0.5) is 18.9 Å². The number of hydrogen-bond acceptors (Lipinski definition) is 6. The van der Waals surface area contributed by atoms with Gasteiger partial charge in [0.1, 0.15) is 0 Å². The van der Waals surface area contributed by atoms with Gasteiger partial charge in [0.15, 0.2) is 0 Å². The Balaban J connectivity index is 1.90. The van der Waals surface area contributed by atoms with E-state index in [1.807, 2.05) is 0 Å². The Kier molecular flexibility index (Phi) is 11.4. The minimum Gasteiger partial charge on any atom is -0.369 e. The number of aliphatic imine (C=N–C) groups is 1. The molecule has 0 bridgehead atoms. The number of nitrogens with two attached hydrogens (primary N) is 2. The average Bonchev–Trinajstić information content (AvgIpc) is 2.82. The van der Waals surface area contributed by atoms with Crippen molar-refractivity contribution in [2.75, 3.05) is 18.1 Å². The molecule has 1 atom stereocenters. The van der Waals surface area contributed by atoms with Gasteiger partial charge in [-0.25, -0.2) is 13.6 Å². The van der Waals surface area contributed by atoms with Crippen LogP contribution in [0.3, 0.4) is 0 Å². The molecule has 1 aromatic heterocycles. The van der Waals surface area contributed by atoms with E-state index in [0.29, 0.717) is 37.9 Å². The SMILES string of the molecule is N#CN=C(N)N(CCCCCCCC(OCC1CCCCC1)(C(F)(F)F)S(N)(=O)=O)c1ccncc1. The number of sulfonamides is 1. The Morgan fingerprint density at radius 1 is 1.14 bits per heavy atom. The predicted molar refractivity (Wildman–Crippen MR) is 131 cm³/mol. The average molecular weight is 533 g/mol. The summed E-state index contributed by atoms with van der Waals surface area (Å²) in [6.45, 7) is 0.168. The number of rotatable bonds is 13. The van der Waals surface area contributed by atoms with E-state index in [9.17, 15) is 21.6 Å². The number of nitrogens with zero attached hydrogens (tertiary/aromatic N) is 4. The number of hydrogen-bond donors (Lipinski definition) is 2. The van der Waals surface area contributed by atoms with Gasteiger partial charge in [0.25, 0.3) is 4.93 Å². The summed E-state index contributed by atoms with van der Waals surface area (Å²) in [4.78, 5) is 5.77. The second-order valence-electron chi connectivity index (χ2n) is 9.06. The van der Waals surface area contributed by atoms with Crippen LogP contribution in [0.25, 0.3) is 0 Å². The Morgan fingerprint density at radius 2 is 1.75 bits per heavy atom. The van der Waals surface area contributed by atoms with Crippen LogP contribution < -0.4 is 15.8 Å². The second-order valence-corrected chi connectivity index (χ2v) is 10.8.